The van der Waals surface area contributed by atoms with E-state index in [1.54, 1.807) is 13.8 Å². The molecule has 0 radical (unpaired) electrons. The molecular weight excluding hydrogens is 140 g/mol. The summed E-state index contributed by atoms with van der Waals surface area (Å²) in [6.07, 6.45) is 3.46. The molecule has 0 aromatic rings. The van der Waals surface area contributed by atoms with E-state index in [4.69, 9.17) is 5.73 Å². The van der Waals surface area contributed by atoms with Gasteiger partial charge in [-0.3, -0.25) is 4.79 Å². The second-order valence-corrected chi connectivity index (χ2v) is 3.82. The zero-order valence-corrected chi connectivity index (χ0v) is 7.18. The van der Waals surface area contributed by atoms with Crippen LogP contribution in [0.1, 0.15) is 33.1 Å². The zero-order chi connectivity index (χ0) is 8.48. The van der Waals surface area contributed by atoms with Crippen LogP contribution in [0.3, 0.4) is 0 Å². The Morgan fingerprint density at radius 1 is 1.55 bits per heavy atom. The molecule has 0 atom stereocenters. The topological polar surface area (TPSA) is 55.1 Å². The van der Waals surface area contributed by atoms with Crippen molar-refractivity contribution >= 4 is 5.91 Å². The van der Waals surface area contributed by atoms with Crippen LogP contribution in [0.4, 0.5) is 0 Å². The molecule has 1 rings (SSSR count). The SMILES string of the molecule is CC(C)(N)C(=O)NC1CCC1. The van der Waals surface area contributed by atoms with E-state index in [0.717, 1.165) is 12.8 Å². The minimum Gasteiger partial charge on any atom is -0.352 e. The van der Waals surface area contributed by atoms with Gasteiger partial charge in [-0.15, -0.1) is 0 Å². The summed E-state index contributed by atoms with van der Waals surface area (Å²) >= 11 is 0. The van der Waals surface area contributed by atoms with Crippen molar-refractivity contribution < 1.29 is 4.79 Å². The highest BCUT2D eigenvalue weighted by Crippen LogP contribution is 2.18. The standard InChI is InChI=1S/C8H16N2O/c1-8(2,9)7(11)10-6-4-3-5-6/h6H,3-5,9H2,1-2H3,(H,10,11). The predicted molar refractivity (Wildman–Crippen MR) is 44.0 cm³/mol. The molecule has 0 aromatic carbocycles. The van der Waals surface area contributed by atoms with Gasteiger partial charge in [0, 0.05) is 6.04 Å². The molecule has 11 heavy (non-hydrogen) atoms. The zero-order valence-electron chi connectivity index (χ0n) is 7.18. The molecular formula is C8H16N2O. The number of carbonyl (C=O) groups is 1. The van der Waals surface area contributed by atoms with E-state index < -0.39 is 5.54 Å². The number of nitrogens with two attached hydrogens (primary N) is 1. The highest BCUT2D eigenvalue weighted by atomic mass is 16.2. The summed E-state index contributed by atoms with van der Waals surface area (Å²) in [5.74, 6) is -0.0396. The van der Waals surface area contributed by atoms with Gasteiger partial charge in [-0.2, -0.15) is 0 Å². The van der Waals surface area contributed by atoms with Gasteiger partial charge in [0.15, 0.2) is 0 Å². The normalized spacial score (nSPS) is 19.2. The lowest BCUT2D eigenvalue weighted by molar-refractivity contribution is -0.126. The Labute approximate surface area is 67.3 Å². The van der Waals surface area contributed by atoms with Gasteiger partial charge < -0.3 is 11.1 Å². The second-order valence-electron chi connectivity index (χ2n) is 3.82. The molecule has 0 saturated heterocycles. The molecule has 0 bridgehead atoms. The van der Waals surface area contributed by atoms with Crippen LogP contribution in [0.25, 0.3) is 0 Å². The Morgan fingerprint density at radius 2 is 2.09 bits per heavy atom. The molecule has 0 unspecified atom stereocenters. The van der Waals surface area contributed by atoms with Gasteiger partial charge in [-0.1, -0.05) is 0 Å². The number of hydrogen-bond acceptors (Lipinski definition) is 2. The van der Waals surface area contributed by atoms with Crippen molar-refractivity contribution in [3.8, 4) is 0 Å². The first-order valence-corrected chi connectivity index (χ1v) is 4.10. The van der Waals surface area contributed by atoms with Crippen molar-refractivity contribution in [2.45, 2.75) is 44.7 Å². The Kier molecular flexibility index (Phi) is 2.18. The lowest BCUT2D eigenvalue weighted by Crippen LogP contribution is -2.53. The van der Waals surface area contributed by atoms with Crippen LogP contribution in [-0.2, 0) is 4.79 Å². The molecule has 0 aliphatic heterocycles. The summed E-state index contributed by atoms with van der Waals surface area (Å²) in [6.45, 7) is 3.45. The Bertz CT molecular complexity index is 156. The van der Waals surface area contributed by atoms with Gasteiger partial charge >= 0.3 is 0 Å². The average molecular weight is 156 g/mol. The molecule has 1 amide bonds. The average Bonchev–Trinajstić information content (AvgIpc) is 1.75. The van der Waals surface area contributed by atoms with E-state index in [9.17, 15) is 4.79 Å². The first kappa shape index (κ1) is 8.53. The van der Waals surface area contributed by atoms with Crippen molar-refractivity contribution in [2.24, 2.45) is 5.73 Å². The van der Waals surface area contributed by atoms with E-state index in [-0.39, 0.29) is 5.91 Å². The summed E-state index contributed by atoms with van der Waals surface area (Å²) in [6, 6.07) is 0.394. The first-order chi connectivity index (χ1) is 5.00. The number of carbonyl (C=O) groups excluding carboxylic acids is 1. The smallest absolute Gasteiger partial charge is 0.239 e. The van der Waals surface area contributed by atoms with Gasteiger partial charge in [0.05, 0.1) is 5.54 Å². The fraction of sp³-hybridized carbons (Fsp3) is 0.875. The van der Waals surface area contributed by atoms with Gasteiger partial charge in [0.2, 0.25) is 5.91 Å². The van der Waals surface area contributed by atoms with E-state index in [1.165, 1.54) is 6.42 Å². The monoisotopic (exact) mass is 156 g/mol. The van der Waals surface area contributed by atoms with Crippen LogP contribution in [0, 0.1) is 0 Å². The molecule has 64 valence electrons. The Morgan fingerprint density at radius 3 is 2.36 bits per heavy atom. The van der Waals surface area contributed by atoms with Crippen LogP contribution in [0.5, 0.6) is 0 Å². The number of nitrogens with one attached hydrogen (secondary N) is 1. The fourth-order valence-corrected chi connectivity index (χ4v) is 0.924. The molecule has 0 spiro atoms. The van der Waals surface area contributed by atoms with Crippen LogP contribution in [-0.4, -0.2) is 17.5 Å². The van der Waals surface area contributed by atoms with Crippen LogP contribution in [0.2, 0.25) is 0 Å². The summed E-state index contributed by atoms with van der Waals surface area (Å²) < 4.78 is 0. The highest BCUT2D eigenvalue weighted by Gasteiger charge is 2.26. The summed E-state index contributed by atoms with van der Waals surface area (Å²) in [7, 11) is 0. The number of rotatable bonds is 2. The molecule has 3 nitrogen and oxygen atoms in total. The highest BCUT2D eigenvalue weighted by molar-refractivity contribution is 5.85. The maximum atomic E-state index is 11.2. The van der Waals surface area contributed by atoms with Crippen molar-refractivity contribution in [1.82, 2.24) is 5.32 Å². The Hall–Kier alpha value is -0.570. The van der Waals surface area contributed by atoms with Crippen LogP contribution < -0.4 is 11.1 Å². The lowest BCUT2D eigenvalue weighted by Gasteiger charge is -2.29. The quantitative estimate of drug-likeness (QED) is 0.607. The van der Waals surface area contributed by atoms with Gasteiger partial charge in [-0.25, -0.2) is 0 Å². The number of hydrogen-bond donors (Lipinski definition) is 2. The summed E-state index contributed by atoms with van der Waals surface area (Å²) in [4.78, 5) is 11.2. The largest absolute Gasteiger partial charge is 0.352 e. The van der Waals surface area contributed by atoms with Gasteiger partial charge in [0.25, 0.3) is 0 Å². The summed E-state index contributed by atoms with van der Waals surface area (Å²) in [5, 5.41) is 2.89. The minimum atomic E-state index is -0.727. The number of amides is 1. The van der Waals surface area contributed by atoms with Crippen LogP contribution in [0.15, 0.2) is 0 Å². The molecule has 3 N–H and O–H groups in total. The van der Waals surface area contributed by atoms with Crippen molar-refractivity contribution in [3.05, 3.63) is 0 Å². The first-order valence-electron chi connectivity index (χ1n) is 4.10. The van der Waals surface area contributed by atoms with E-state index in [2.05, 4.69) is 5.32 Å². The lowest BCUT2D eigenvalue weighted by atomic mass is 9.92. The minimum absolute atomic E-state index is 0.0396. The second kappa shape index (κ2) is 2.81. The summed E-state index contributed by atoms with van der Waals surface area (Å²) in [5.41, 5.74) is 4.87. The molecule has 1 fully saturated rings. The fourth-order valence-electron chi connectivity index (χ4n) is 0.924. The molecule has 3 heteroatoms. The molecule has 0 heterocycles. The van der Waals surface area contributed by atoms with E-state index in [0.29, 0.717) is 6.04 Å². The van der Waals surface area contributed by atoms with Gasteiger partial charge in [0.1, 0.15) is 0 Å². The molecule has 1 aliphatic rings. The third-order valence-corrected chi connectivity index (χ3v) is 2.03. The molecule has 1 aliphatic carbocycles. The van der Waals surface area contributed by atoms with Crippen molar-refractivity contribution in [2.75, 3.05) is 0 Å². The maximum absolute atomic E-state index is 11.2. The molecule has 1 saturated carbocycles. The van der Waals surface area contributed by atoms with Crippen molar-refractivity contribution in [1.29, 1.82) is 0 Å². The Balaban J connectivity index is 2.30. The van der Waals surface area contributed by atoms with Gasteiger partial charge in [-0.05, 0) is 33.1 Å². The van der Waals surface area contributed by atoms with Crippen molar-refractivity contribution in [3.63, 3.8) is 0 Å². The molecule has 0 aromatic heterocycles. The third kappa shape index (κ3) is 2.19. The van der Waals surface area contributed by atoms with Crippen LogP contribution >= 0.6 is 0 Å². The third-order valence-electron chi connectivity index (χ3n) is 2.03. The van der Waals surface area contributed by atoms with E-state index in [1.807, 2.05) is 0 Å². The maximum Gasteiger partial charge on any atom is 0.239 e. The van der Waals surface area contributed by atoms with E-state index >= 15 is 0 Å². The predicted octanol–water partition coefficient (Wildman–Crippen LogP) is 0.392.